The van der Waals surface area contributed by atoms with E-state index in [0.29, 0.717) is 12.1 Å². The van der Waals surface area contributed by atoms with Crippen LogP contribution in [0.1, 0.15) is 50.1 Å². The summed E-state index contributed by atoms with van der Waals surface area (Å²) >= 11 is 0. The van der Waals surface area contributed by atoms with Gasteiger partial charge in [-0.3, -0.25) is 14.5 Å². The number of carbonyl (C=O) groups is 2. The van der Waals surface area contributed by atoms with E-state index in [4.69, 9.17) is 4.74 Å². The summed E-state index contributed by atoms with van der Waals surface area (Å²) in [5, 5.41) is 5.03. The van der Waals surface area contributed by atoms with Crippen LogP contribution in [0.4, 0.5) is 8.78 Å². The minimum Gasteiger partial charge on any atom is -0.379 e. The number of nitrogens with one attached hydrogen (secondary N) is 2. The van der Waals surface area contributed by atoms with Gasteiger partial charge in [-0.05, 0) is 49.1 Å². The highest BCUT2D eigenvalue weighted by Crippen LogP contribution is 2.21. The number of amides is 2. The summed E-state index contributed by atoms with van der Waals surface area (Å²) < 4.78 is 34.3. The molecule has 10 heteroatoms. The van der Waals surface area contributed by atoms with Crippen LogP contribution in [0.25, 0.3) is 12.2 Å². The third-order valence-electron chi connectivity index (χ3n) is 5.81. The number of morpholine rings is 1. The zero-order chi connectivity index (χ0) is 26.1. The molecule has 2 aromatic rings. The molecule has 1 aromatic carbocycles. The molecule has 0 radical (unpaired) electrons. The van der Waals surface area contributed by atoms with Gasteiger partial charge >= 0.3 is 0 Å². The lowest BCUT2D eigenvalue weighted by molar-refractivity contribution is -0.118. The number of ether oxygens (including phenoxy) is 1. The van der Waals surface area contributed by atoms with Crippen LogP contribution < -0.4 is 10.6 Å². The van der Waals surface area contributed by atoms with Crippen LogP contribution in [-0.2, 0) is 20.9 Å². The number of allylic oxidation sites excluding steroid dienone is 1. The van der Waals surface area contributed by atoms with Crippen LogP contribution in [0.5, 0.6) is 0 Å². The Balaban J connectivity index is 1.70. The van der Waals surface area contributed by atoms with E-state index in [9.17, 15) is 18.4 Å². The highest BCUT2D eigenvalue weighted by molar-refractivity contribution is 6.00. The zero-order valence-corrected chi connectivity index (χ0v) is 20.9. The van der Waals surface area contributed by atoms with Gasteiger partial charge in [-0.25, -0.2) is 13.8 Å². The zero-order valence-electron chi connectivity index (χ0n) is 20.9. The maximum atomic E-state index is 13.5. The van der Waals surface area contributed by atoms with E-state index >= 15 is 0 Å². The molecule has 1 fully saturated rings. The van der Waals surface area contributed by atoms with Crippen molar-refractivity contribution < 1.29 is 23.1 Å². The molecule has 194 valence electrons. The number of aromatic nitrogens is 2. The monoisotopic (exact) mass is 501 g/mol. The number of benzene rings is 1. The van der Waals surface area contributed by atoms with Crippen LogP contribution >= 0.6 is 0 Å². The van der Waals surface area contributed by atoms with E-state index < -0.39 is 17.5 Å². The second kappa shape index (κ2) is 13.1. The molecule has 0 aliphatic carbocycles. The van der Waals surface area contributed by atoms with E-state index in [1.54, 1.807) is 13.0 Å². The fourth-order valence-electron chi connectivity index (χ4n) is 4.11. The first-order valence-electron chi connectivity index (χ1n) is 12.0. The van der Waals surface area contributed by atoms with E-state index in [-0.39, 0.29) is 17.2 Å². The Morgan fingerprint density at radius 2 is 1.92 bits per heavy atom. The van der Waals surface area contributed by atoms with E-state index in [0.717, 1.165) is 69.3 Å². The molecule has 36 heavy (non-hydrogen) atoms. The third-order valence-corrected chi connectivity index (χ3v) is 5.81. The van der Waals surface area contributed by atoms with Gasteiger partial charge < -0.3 is 19.9 Å². The van der Waals surface area contributed by atoms with Crippen molar-refractivity contribution in [3.05, 3.63) is 64.5 Å². The molecule has 3 rings (SSSR count). The van der Waals surface area contributed by atoms with Crippen molar-refractivity contribution in [1.82, 2.24) is 25.1 Å². The predicted octanol–water partition coefficient (Wildman–Crippen LogP) is 3.27. The Morgan fingerprint density at radius 3 is 2.58 bits per heavy atom. The normalized spacial score (nSPS) is 15.3. The maximum Gasteiger partial charge on any atom is 0.271 e. The van der Waals surface area contributed by atoms with Crippen molar-refractivity contribution in [3.8, 4) is 0 Å². The van der Waals surface area contributed by atoms with Crippen LogP contribution in [0.2, 0.25) is 0 Å². The lowest BCUT2D eigenvalue weighted by Crippen LogP contribution is -2.37. The lowest BCUT2D eigenvalue weighted by atomic mass is 10.1. The summed E-state index contributed by atoms with van der Waals surface area (Å²) in [6.45, 7) is 11.2. The summed E-state index contributed by atoms with van der Waals surface area (Å²) in [7, 11) is 0. The number of hydrogen-bond donors (Lipinski definition) is 2. The van der Waals surface area contributed by atoms with Crippen molar-refractivity contribution in [2.24, 2.45) is 0 Å². The molecule has 1 aliphatic heterocycles. The van der Waals surface area contributed by atoms with Gasteiger partial charge in [0.25, 0.3) is 5.91 Å². The molecule has 0 atom stereocenters. The molecule has 0 unspecified atom stereocenters. The second-order valence-electron chi connectivity index (χ2n) is 8.95. The van der Waals surface area contributed by atoms with Crippen LogP contribution in [-0.4, -0.2) is 59.6 Å². The van der Waals surface area contributed by atoms with Crippen molar-refractivity contribution in [1.29, 1.82) is 0 Å². The van der Waals surface area contributed by atoms with Crippen LogP contribution in [0, 0.1) is 11.6 Å². The number of imidazole rings is 1. The van der Waals surface area contributed by atoms with Crippen molar-refractivity contribution in [3.63, 3.8) is 0 Å². The number of carbonyl (C=O) groups excluding carboxylic acids is 2. The Hall–Kier alpha value is -3.37. The van der Waals surface area contributed by atoms with Gasteiger partial charge in [0.1, 0.15) is 5.70 Å². The van der Waals surface area contributed by atoms with Gasteiger partial charge in [-0.1, -0.05) is 19.9 Å². The highest BCUT2D eigenvalue weighted by atomic mass is 19.2. The second-order valence-corrected chi connectivity index (χ2v) is 8.95. The summed E-state index contributed by atoms with van der Waals surface area (Å²) in [4.78, 5) is 30.7. The molecule has 2 amide bonds. The SMILES string of the molecule is C/C(=C/c1ncn(CCCN2CCOCC2)c1C(C)C)NC(=O)/C(=C/c1ccc(F)c(F)c1)NC=O. The molecule has 0 bridgehead atoms. The predicted molar refractivity (Wildman–Crippen MR) is 134 cm³/mol. The van der Waals surface area contributed by atoms with E-state index in [1.807, 2.05) is 6.33 Å². The Bertz CT molecular complexity index is 1120. The van der Waals surface area contributed by atoms with Gasteiger partial charge in [0, 0.05) is 37.6 Å². The summed E-state index contributed by atoms with van der Waals surface area (Å²) in [6.07, 6.45) is 6.20. The summed E-state index contributed by atoms with van der Waals surface area (Å²) in [6, 6.07) is 3.20. The first kappa shape index (κ1) is 27.2. The molecular weight excluding hydrogens is 468 g/mol. The number of rotatable bonds is 11. The number of aryl methyl sites for hydroxylation is 1. The summed E-state index contributed by atoms with van der Waals surface area (Å²) in [5.41, 5.74) is 2.46. The molecule has 1 aliphatic rings. The highest BCUT2D eigenvalue weighted by Gasteiger charge is 2.16. The number of nitrogens with zero attached hydrogens (tertiary/aromatic N) is 3. The smallest absolute Gasteiger partial charge is 0.271 e. The third kappa shape index (κ3) is 7.56. The van der Waals surface area contributed by atoms with Crippen molar-refractivity contribution in [2.45, 2.75) is 39.7 Å². The minimum absolute atomic E-state index is 0.110. The fraction of sp³-hybridized carbons (Fsp3) is 0.423. The molecule has 1 aromatic heterocycles. The number of hydrogen-bond acceptors (Lipinski definition) is 5. The Morgan fingerprint density at radius 1 is 1.17 bits per heavy atom. The largest absolute Gasteiger partial charge is 0.379 e. The maximum absolute atomic E-state index is 13.5. The van der Waals surface area contributed by atoms with Crippen molar-refractivity contribution in [2.75, 3.05) is 32.8 Å². The molecule has 8 nitrogen and oxygen atoms in total. The van der Waals surface area contributed by atoms with Gasteiger partial charge in [-0.2, -0.15) is 0 Å². The van der Waals surface area contributed by atoms with Gasteiger partial charge in [0.15, 0.2) is 11.6 Å². The van der Waals surface area contributed by atoms with E-state index in [2.05, 4.69) is 38.9 Å². The quantitative estimate of drug-likeness (QED) is 0.365. The first-order valence-corrected chi connectivity index (χ1v) is 12.0. The molecule has 0 saturated carbocycles. The molecule has 2 heterocycles. The van der Waals surface area contributed by atoms with Crippen molar-refractivity contribution >= 4 is 24.5 Å². The molecule has 0 spiro atoms. The molecular formula is C26H33F2N5O3. The first-order chi connectivity index (χ1) is 17.3. The van der Waals surface area contributed by atoms with E-state index in [1.165, 1.54) is 12.1 Å². The van der Waals surface area contributed by atoms with Crippen LogP contribution in [0.3, 0.4) is 0 Å². The van der Waals surface area contributed by atoms with Gasteiger partial charge in [0.2, 0.25) is 6.41 Å². The minimum atomic E-state index is -1.05. The molecule has 2 N–H and O–H groups in total. The Labute approximate surface area is 210 Å². The van der Waals surface area contributed by atoms with Gasteiger partial charge in [0.05, 0.1) is 25.2 Å². The lowest BCUT2D eigenvalue weighted by Gasteiger charge is -2.26. The Kier molecular flexibility index (Phi) is 9.89. The average molecular weight is 502 g/mol. The average Bonchev–Trinajstić information content (AvgIpc) is 3.24. The molecule has 1 saturated heterocycles. The van der Waals surface area contributed by atoms with Gasteiger partial charge in [-0.15, -0.1) is 0 Å². The topological polar surface area (TPSA) is 88.5 Å². The standard InChI is InChI=1S/C26H33F2N5O3/c1-18(2)25-23(29-16-33(25)8-4-7-32-9-11-36-12-10-32)13-19(3)31-26(35)24(30-17-34)15-20-5-6-21(27)22(28)14-20/h5-6,13-18H,4,7-12H2,1-3H3,(H,30,34)(H,31,35)/b19-13-,24-15-. The summed E-state index contributed by atoms with van der Waals surface area (Å²) in [5.74, 6) is -2.43. The number of halogens is 2. The fourth-order valence-corrected chi connectivity index (χ4v) is 4.11. The van der Waals surface area contributed by atoms with Crippen LogP contribution in [0.15, 0.2) is 35.9 Å².